The molecule has 9 heteroatoms. The van der Waals surface area contributed by atoms with Gasteiger partial charge in [-0.1, -0.05) is 41.4 Å². The predicted molar refractivity (Wildman–Crippen MR) is 127 cm³/mol. The third-order valence-electron chi connectivity index (χ3n) is 5.35. The lowest BCUT2D eigenvalue weighted by atomic mass is 10.1. The molecular weight excluding hydrogens is 466 g/mol. The third-order valence-corrected chi connectivity index (χ3v) is 5.96. The van der Waals surface area contributed by atoms with E-state index in [2.05, 4.69) is 10.1 Å². The number of rotatable bonds is 4. The van der Waals surface area contributed by atoms with Crippen molar-refractivity contribution < 1.29 is 4.39 Å². The number of nitrogens with zero attached hydrogens (tertiary/aromatic N) is 3. The lowest BCUT2D eigenvalue weighted by Gasteiger charge is -2.15. The van der Waals surface area contributed by atoms with Crippen molar-refractivity contribution in [2.45, 2.75) is 6.54 Å². The van der Waals surface area contributed by atoms with E-state index in [1.54, 1.807) is 54.9 Å². The van der Waals surface area contributed by atoms with Crippen molar-refractivity contribution in [1.82, 2.24) is 19.3 Å². The number of pyridine rings is 2. The fourth-order valence-electron chi connectivity index (χ4n) is 3.83. The molecule has 3 aromatic heterocycles. The zero-order valence-corrected chi connectivity index (χ0v) is 18.4. The van der Waals surface area contributed by atoms with Crippen LogP contribution in [-0.2, 0) is 6.54 Å². The number of H-pyrrole nitrogens is 1. The molecule has 0 saturated heterocycles. The Morgan fingerprint density at radius 3 is 2.42 bits per heavy atom. The van der Waals surface area contributed by atoms with Gasteiger partial charge in [0.15, 0.2) is 5.82 Å². The van der Waals surface area contributed by atoms with Crippen molar-refractivity contribution in [3.63, 3.8) is 0 Å². The van der Waals surface area contributed by atoms with E-state index < -0.39 is 16.9 Å². The Morgan fingerprint density at radius 1 is 0.939 bits per heavy atom. The normalized spacial score (nSPS) is 11.2. The van der Waals surface area contributed by atoms with Gasteiger partial charge in [0.05, 0.1) is 38.9 Å². The quantitative estimate of drug-likeness (QED) is 0.391. The molecule has 0 unspecified atom stereocenters. The number of halogens is 3. The van der Waals surface area contributed by atoms with Gasteiger partial charge in [0.1, 0.15) is 0 Å². The molecule has 33 heavy (non-hydrogen) atoms. The fourth-order valence-corrected chi connectivity index (χ4v) is 4.23. The first-order valence-corrected chi connectivity index (χ1v) is 10.7. The molecule has 0 radical (unpaired) electrons. The number of hydrogen-bond donors (Lipinski definition) is 1. The van der Waals surface area contributed by atoms with Gasteiger partial charge in [-0.2, -0.15) is 0 Å². The van der Waals surface area contributed by atoms with Crippen LogP contribution in [0.2, 0.25) is 10.0 Å². The van der Waals surface area contributed by atoms with E-state index in [1.807, 2.05) is 0 Å². The number of para-hydroxylation sites is 1. The molecule has 0 aliphatic rings. The lowest BCUT2D eigenvalue weighted by Crippen LogP contribution is -2.24. The molecule has 0 spiro atoms. The summed E-state index contributed by atoms with van der Waals surface area (Å²) in [5, 5.41) is 3.31. The highest BCUT2D eigenvalue weighted by atomic mass is 35.5. The van der Waals surface area contributed by atoms with Crippen molar-refractivity contribution in [3.05, 3.63) is 115 Å². The fraction of sp³-hybridized carbons (Fsp3) is 0.0417. The molecule has 1 N–H and O–H groups in total. The SMILES string of the molecule is O=c1c2c(-c3cccc(Cl)c3F)n(Cc3ccncc3)c(=O)cc2[nH]n1-c1ccccc1Cl. The van der Waals surface area contributed by atoms with Crippen LogP contribution in [0.3, 0.4) is 0 Å². The average molecular weight is 481 g/mol. The standard InChI is InChI=1S/C24H15Cl2FN4O2/c25-16-5-1-2-7-19(16)31-24(33)21-18(29-31)12-20(32)30(13-14-8-10-28-11-9-14)23(21)15-4-3-6-17(26)22(15)27/h1-12,29H,13H2. The van der Waals surface area contributed by atoms with Crippen LogP contribution in [-0.4, -0.2) is 19.3 Å². The minimum atomic E-state index is -0.723. The molecule has 0 atom stereocenters. The van der Waals surface area contributed by atoms with Gasteiger partial charge in [-0.15, -0.1) is 0 Å². The largest absolute Gasteiger partial charge is 0.303 e. The molecule has 5 rings (SSSR count). The predicted octanol–water partition coefficient (Wildman–Crippen LogP) is 5.04. The Labute approximate surface area is 196 Å². The van der Waals surface area contributed by atoms with Gasteiger partial charge < -0.3 is 4.57 Å². The number of hydrogen-bond acceptors (Lipinski definition) is 3. The number of fused-ring (bicyclic) bond motifs is 1. The summed E-state index contributed by atoms with van der Waals surface area (Å²) in [4.78, 5) is 30.8. The summed E-state index contributed by atoms with van der Waals surface area (Å²) in [6.07, 6.45) is 3.19. The van der Waals surface area contributed by atoms with Gasteiger partial charge >= 0.3 is 0 Å². The van der Waals surface area contributed by atoms with Crippen LogP contribution in [0.5, 0.6) is 0 Å². The summed E-state index contributed by atoms with van der Waals surface area (Å²) < 4.78 is 17.8. The third kappa shape index (κ3) is 3.65. The molecule has 0 saturated carbocycles. The van der Waals surface area contributed by atoms with Gasteiger partial charge in [-0.25, -0.2) is 9.07 Å². The summed E-state index contributed by atoms with van der Waals surface area (Å²) >= 11 is 12.4. The minimum absolute atomic E-state index is 0.0432. The molecule has 0 aliphatic heterocycles. The number of nitrogens with one attached hydrogen (secondary N) is 1. The van der Waals surface area contributed by atoms with E-state index in [1.165, 1.54) is 27.4 Å². The highest BCUT2D eigenvalue weighted by Gasteiger charge is 2.23. The zero-order valence-electron chi connectivity index (χ0n) is 16.9. The Hall–Kier alpha value is -3.68. The molecule has 164 valence electrons. The number of aromatic nitrogens is 4. The first kappa shape index (κ1) is 21.2. The summed E-state index contributed by atoms with van der Waals surface area (Å²) in [5.74, 6) is -0.723. The number of benzene rings is 2. The lowest BCUT2D eigenvalue weighted by molar-refractivity contribution is 0.628. The van der Waals surface area contributed by atoms with E-state index in [9.17, 15) is 9.59 Å². The molecule has 6 nitrogen and oxygen atoms in total. The minimum Gasteiger partial charge on any atom is -0.303 e. The highest BCUT2D eigenvalue weighted by Crippen LogP contribution is 2.31. The smallest absolute Gasteiger partial charge is 0.281 e. The van der Waals surface area contributed by atoms with Crippen LogP contribution in [0.25, 0.3) is 27.8 Å². The van der Waals surface area contributed by atoms with Gasteiger partial charge in [0, 0.05) is 24.0 Å². The zero-order chi connectivity index (χ0) is 23.1. The second-order valence-electron chi connectivity index (χ2n) is 7.37. The maximum atomic E-state index is 15.2. The summed E-state index contributed by atoms with van der Waals surface area (Å²) in [5.41, 5.74) is 0.702. The summed E-state index contributed by atoms with van der Waals surface area (Å²) in [6, 6.07) is 16.1. The van der Waals surface area contributed by atoms with Crippen LogP contribution in [0, 0.1) is 5.82 Å². The van der Waals surface area contributed by atoms with Crippen molar-refractivity contribution >= 4 is 34.1 Å². The first-order valence-electron chi connectivity index (χ1n) is 9.92. The van der Waals surface area contributed by atoms with Crippen molar-refractivity contribution in [2.24, 2.45) is 0 Å². The van der Waals surface area contributed by atoms with Crippen molar-refractivity contribution in [3.8, 4) is 16.9 Å². The van der Waals surface area contributed by atoms with Gasteiger partial charge in [-0.3, -0.25) is 19.7 Å². The van der Waals surface area contributed by atoms with Crippen LogP contribution >= 0.6 is 23.2 Å². The monoisotopic (exact) mass is 480 g/mol. The summed E-state index contributed by atoms with van der Waals surface area (Å²) in [7, 11) is 0. The van der Waals surface area contributed by atoms with Crippen molar-refractivity contribution in [2.75, 3.05) is 0 Å². The molecule has 0 fully saturated rings. The van der Waals surface area contributed by atoms with E-state index >= 15 is 4.39 Å². The number of aromatic amines is 1. The molecule has 0 aliphatic carbocycles. The first-order chi connectivity index (χ1) is 16.0. The Bertz CT molecular complexity index is 1620. The van der Waals surface area contributed by atoms with E-state index in [4.69, 9.17) is 23.2 Å². The van der Waals surface area contributed by atoms with Crippen molar-refractivity contribution in [1.29, 1.82) is 0 Å². The molecular formula is C24H15Cl2FN4O2. The van der Waals surface area contributed by atoms with E-state index in [0.717, 1.165) is 5.56 Å². The van der Waals surface area contributed by atoms with Crippen LogP contribution in [0.1, 0.15) is 5.56 Å². The highest BCUT2D eigenvalue weighted by molar-refractivity contribution is 6.32. The van der Waals surface area contributed by atoms with E-state index in [-0.39, 0.29) is 33.7 Å². The Balaban J connectivity index is 1.89. The Morgan fingerprint density at radius 2 is 1.67 bits per heavy atom. The molecule has 0 amide bonds. The molecule has 3 heterocycles. The van der Waals surface area contributed by atoms with E-state index in [0.29, 0.717) is 10.7 Å². The molecule has 0 bridgehead atoms. The van der Waals surface area contributed by atoms with Crippen LogP contribution in [0.4, 0.5) is 4.39 Å². The van der Waals surface area contributed by atoms with Gasteiger partial charge in [0.25, 0.3) is 11.1 Å². The second-order valence-corrected chi connectivity index (χ2v) is 8.18. The van der Waals surface area contributed by atoms with Gasteiger partial charge in [0.2, 0.25) is 0 Å². The summed E-state index contributed by atoms with van der Waals surface area (Å²) in [6.45, 7) is 0.106. The maximum absolute atomic E-state index is 15.2. The maximum Gasteiger partial charge on any atom is 0.281 e. The second kappa shape index (κ2) is 8.35. The Kier molecular flexibility index (Phi) is 5.36. The van der Waals surface area contributed by atoms with Gasteiger partial charge in [-0.05, 0) is 42.0 Å². The molecule has 2 aromatic carbocycles. The van der Waals surface area contributed by atoms with Crippen LogP contribution < -0.4 is 11.1 Å². The van der Waals surface area contributed by atoms with Crippen LogP contribution in [0.15, 0.2) is 82.6 Å². The average Bonchev–Trinajstić information content (AvgIpc) is 3.13. The topological polar surface area (TPSA) is 72.7 Å². The molecule has 5 aromatic rings.